The number of rotatable bonds is 9. The fourth-order valence-electron chi connectivity index (χ4n) is 4.92. The molecular formula is C25H33ClN2O10. The molecule has 0 saturated carbocycles. The maximum atomic E-state index is 13.0. The lowest BCUT2D eigenvalue weighted by Crippen LogP contribution is -2.63. The monoisotopic (exact) mass is 556 g/mol. The number of amides is 1. The molecule has 210 valence electrons. The molecule has 1 aromatic heterocycles. The standard InChI is InChI=1S/C25H33ClN2O10/c1-3-17-23(38-25-11(2)22(36-10-19(30)31)21(33)18(8-29)37-25)20(32)16(9-35-17)28-24(34)15-7-12-6-13(26)4-5-14(12)27-15/h4-7,11,16-18,20-23,25,27,29,32-33H,3,8-10H2,1-2H3,(H,28,34)(H,30,31)/t11?,16?,17?,18?,20-,21-,22-,23-,25?/m1/s1. The Hall–Kier alpha value is -2.29. The van der Waals surface area contributed by atoms with E-state index in [-0.39, 0.29) is 12.3 Å². The summed E-state index contributed by atoms with van der Waals surface area (Å²) in [5, 5.41) is 44.5. The van der Waals surface area contributed by atoms with Crippen LogP contribution < -0.4 is 5.32 Å². The average Bonchev–Trinajstić information content (AvgIpc) is 3.31. The summed E-state index contributed by atoms with van der Waals surface area (Å²) in [6.45, 7) is 2.33. The number of carbonyl (C=O) groups excluding carboxylic acids is 1. The van der Waals surface area contributed by atoms with Crippen LogP contribution in [0.2, 0.25) is 5.02 Å². The molecule has 5 unspecified atom stereocenters. The topological polar surface area (TPSA) is 180 Å². The molecule has 1 aromatic carbocycles. The number of aliphatic hydroxyl groups is 3. The number of aromatic amines is 1. The number of fused-ring (bicyclic) bond motifs is 1. The SMILES string of the molecule is CCC1OCC(NC(=O)c2cc3cc(Cl)ccc3[nH]2)[C@@H](O)[C@@H]1OC1OC(CO)[C@@H](O)[C@H](OCC(=O)O)C1C. The number of hydrogen-bond donors (Lipinski definition) is 6. The van der Waals surface area contributed by atoms with Crippen molar-refractivity contribution >= 4 is 34.4 Å². The molecule has 2 fully saturated rings. The highest BCUT2D eigenvalue weighted by atomic mass is 35.5. The molecule has 1 amide bonds. The molecule has 12 nitrogen and oxygen atoms in total. The molecule has 2 saturated heterocycles. The van der Waals surface area contributed by atoms with Crippen molar-refractivity contribution in [2.75, 3.05) is 19.8 Å². The number of carbonyl (C=O) groups is 2. The Balaban J connectivity index is 1.47. The Labute approximate surface area is 223 Å². The molecule has 9 atom stereocenters. The summed E-state index contributed by atoms with van der Waals surface area (Å²) < 4.78 is 23.2. The Morgan fingerprint density at radius 2 is 1.95 bits per heavy atom. The minimum atomic E-state index is -1.29. The summed E-state index contributed by atoms with van der Waals surface area (Å²) in [5.41, 5.74) is 1.02. The van der Waals surface area contributed by atoms with Gasteiger partial charge < -0.3 is 49.7 Å². The van der Waals surface area contributed by atoms with Gasteiger partial charge in [0, 0.05) is 21.8 Å². The van der Waals surface area contributed by atoms with Crippen LogP contribution in [0.4, 0.5) is 0 Å². The molecule has 3 heterocycles. The molecule has 2 aliphatic rings. The van der Waals surface area contributed by atoms with Gasteiger partial charge in [-0.15, -0.1) is 0 Å². The highest BCUT2D eigenvalue weighted by molar-refractivity contribution is 6.31. The zero-order chi connectivity index (χ0) is 27.6. The quantitative estimate of drug-likeness (QED) is 0.257. The van der Waals surface area contributed by atoms with Crippen molar-refractivity contribution in [2.24, 2.45) is 5.92 Å². The molecule has 13 heteroatoms. The van der Waals surface area contributed by atoms with Crippen molar-refractivity contribution < 1.29 is 49.0 Å². The number of aromatic nitrogens is 1. The highest BCUT2D eigenvalue weighted by Gasteiger charge is 2.48. The van der Waals surface area contributed by atoms with Crippen LogP contribution >= 0.6 is 11.6 Å². The van der Waals surface area contributed by atoms with Crippen LogP contribution in [-0.2, 0) is 23.7 Å². The van der Waals surface area contributed by atoms with E-state index in [9.17, 15) is 24.9 Å². The van der Waals surface area contributed by atoms with Gasteiger partial charge in [0.05, 0.1) is 31.5 Å². The van der Waals surface area contributed by atoms with Crippen molar-refractivity contribution in [1.82, 2.24) is 10.3 Å². The van der Waals surface area contributed by atoms with Crippen LogP contribution in [0.1, 0.15) is 30.8 Å². The molecule has 0 bridgehead atoms. The van der Waals surface area contributed by atoms with Crippen LogP contribution in [0.3, 0.4) is 0 Å². The van der Waals surface area contributed by atoms with Crippen LogP contribution in [0, 0.1) is 5.92 Å². The fraction of sp³-hybridized carbons (Fsp3) is 0.600. The average molecular weight is 557 g/mol. The van der Waals surface area contributed by atoms with Crippen LogP contribution in [0.25, 0.3) is 10.9 Å². The third-order valence-electron chi connectivity index (χ3n) is 7.00. The first-order valence-electron chi connectivity index (χ1n) is 12.4. The highest BCUT2D eigenvalue weighted by Crippen LogP contribution is 2.32. The van der Waals surface area contributed by atoms with Gasteiger partial charge in [-0.3, -0.25) is 4.79 Å². The lowest BCUT2D eigenvalue weighted by Gasteiger charge is -2.46. The van der Waals surface area contributed by atoms with Gasteiger partial charge in [-0.05, 0) is 30.7 Å². The van der Waals surface area contributed by atoms with Crippen molar-refractivity contribution in [2.45, 2.75) is 69.2 Å². The second kappa shape index (κ2) is 12.3. The predicted molar refractivity (Wildman–Crippen MR) is 134 cm³/mol. The number of carboxylic acids is 1. The molecule has 0 spiro atoms. The van der Waals surface area contributed by atoms with Crippen LogP contribution in [0.5, 0.6) is 0 Å². The van der Waals surface area contributed by atoms with Crippen molar-refractivity contribution in [1.29, 1.82) is 0 Å². The molecular weight excluding hydrogens is 524 g/mol. The summed E-state index contributed by atoms with van der Waals surface area (Å²) in [4.78, 5) is 27.0. The van der Waals surface area contributed by atoms with Gasteiger partial charge in [0.15, 0.2) is 6.29 Å². The van der Waals surface area contributed by atoms with Gasteiger partial charge in [-0.25, -0.2) is 4.79 Å². The van der Waals surface area contributed by atoms with Gasteiger partial charge in [0.2, 0.25) is 0 Å². The van der Waals surface area contributed by atoms with E-state index in [2.05, 4.69) is 10.3 Å². The van der Waals surface area contributed by atoms with E-state index in [1.165, 1.54) is 0 Å². The fourth-order valence-corrected chi connectivity index (χ4v) is 5.10. The maximum absolute atomic E-state index is 13.0. The van der Waals surface area contributed by atoms with Gasteiger partial charge in [-0.1, -0.05) is 25.4 Å². The van der Waals surface area contributed by atoms with Crippen molar-refractivity contribution in [3.8, 4) is 0 Å². The molecule has 2 aliphatic heterocycles. The van der Waals surface area contributed by atoms with E-state index < -0.39 is 80.0 Å². The minimum absolute atomic E-state index is 0.0424. The number of aliphatic carboxylic acids is 1. The van der Waals surface area contributed by atoms with E-state index in [1.54, 1.807) is 31.2 Å². The number of halogens is 1. The number of carboxylic acid groups (broad SMARTS) is 1. The van der Waals surface area contributed by atoms with E-state index in [0.29, 0.717) is 11.4 Å². The second-order valence-corrected chi connectivity index (χ2v) is 10.0. The molecule has 0 aliphatic carbocycles. The number of H-pyrrole nitrogens is 1. The molecule has 2 aromatic rings. The first kappa shape index (κ1) is 28.7. The Bertz CT molecular complexity index is 1130. The number of nitrogens with one attached hydrogen (secondary N) is 2. The predicted octanol–water partition coefficient (Wildman–Crippen LogP) is 0.659. The summed E-state index contributed by atoms with van der Waals surface area (Å²) in [6.07, 6.45) is -6.65. The zero-order valence-electron chi connectivity index (χ0n) is 21.0. The third-order valence-corrected chi connectivity index (χ3v) is 7.23. The number of ether oxygens (including phenoxy) is 4. The van der Waals surface area contributed by atoms with Crippen LogP contribution in [0.15, 0.2) is 24.3 Å². The molecule has 38 heavy (non-hydrogen) atoms. The number of aliphatic hydroxyl groups excluding tert-OH is 3. The van der Waals surface area contributed by atoms with Crippen molar-refractivity contribution in [3.05, 3.63) is 35.0 Å². The smallest absolute Gasteiger partial charge is 0.329 e. The van der Waals surface area contributed by atoms with E-state index >= 15 is 0 Å². The third kappa shape index (κ3) is 6.13. The normalized spacial score (nSPS) is 33.8. The van der Waals surface area contributed by atoms with Gasteiger partial charge >= 0.3 is 5.97 Å². The van der Waals surface area contributed by atoms with E-state index in [4.69, 9.17) is 35.7 Å². The largest absolute Gasteiger partial charge is 0.480 e. The zero-order valence-corrected chi connectivity index (χ0v) is 21.7. The lowest BCUT2D eigenvalue weighted by atomic mass is 9.91. The first-order valence-corrected chi connectivity index (χ1v) is 12.8. The van der Waals surface area contributed by atoms with Gasteiger partial charge in [0.1, 0.15) is 36.7 Å². The summed E-state index contributed by atoms with van der Waals surface area (Å²) in [5.74, 6) is -2.33. The Morgan fingerprint density at radius 1 is 1.18 bits per heavy atom. The Kier molecular flexibility index (Phi) is 9.27. The van der Waals surface area contributed by atoms with Gasteiger partial charge in [0.25, 0.3) is 5.91 Å². The number of hydrogen-bond acceptors (Lipinski definition) is 9. The Morgan fingerprint density at radius 3 is 2.63 bits per heavy atom. The van der Waals surface area contributed by atoms with Crippen molar-refractivity contribution in [3.63, 3.8) is 0 Å². The molecule has 0 radical (unpaired) electrons. The van der Waals surface area contributed by atoms with Crippen LogP contribution in [-0.4, -0.2) is 106 Å². The summed E-state index contributed by atoms with van der Waals surface area (Å²) >= 11 is 6.03. The second-order valence-electron chi connectivity index (χ2n) is 9.61. The molecule has 6 N–H and O–H groups in total. The molecule has 4 rings (SSSR count). The minimum Gasteiger partial charge on any atom is -0.480 e. The lowest BCUT2D eigenvalue weighted by molar-refractivity contribution is -0.321. The maximum Gasteiger partial charge on any atom is 0.329 e. The van der Waals surface area contributed by atoms with E-state index in [1.807, 2.05) is 6.92 Å². The summed E-state index contributed by atoms with van der Waals surface area (Å²) in [6, 6.07) is 6.04. The number of benzene rings is 1. The van der Waals surface area contributed by atoms with Gasteiger partial charge in [-0.2, -0.15) is 0 Å². The van der Waals surface area contributed by atoms with E-state index in [0.717, 1.165) is 10.9 Å². The first-order chi connectivity index (χ1) is 18.1. The summed E-state index contributed by atoms with van der Waals surface area (Å²) in [7, 11) is 0.